The van der Waals surface area contributed by atoms with Gasteiger partial charge in [-0.15, -0.1) is 0 Å². The minimum Gasteiger partial charge on any atom is -0.457 e. The SMILES string of the molecule is CC/C=C\C/C=C\C/C=C\C/C=C\C/C=C\CCOCC(COC1OC(CO)C(O)C(O)C1O)OC(=O)CCCCCCCCCCCC. The summed E-state index contributed by atoms with van der Waals surface area (Å²) in [5, 5.41) is 39.9. The number of ether oxygens (including phenoxy) is 4. The molecule has 9 nitrogen and oxygen atoms in total. The van der Waals surface area contributed by atoms with Crippen molar-refractivity contribution in [2.24, 2.45) is 0 Å². The van der Waals surface area contributed by atoms with E-state index < -0.39 is 43.4 Å². The van der Waals surface area contributed by atoms with Crippen LogP contribution in [0.2, 0.25) is 0 Å². The van der Waals surface area contributed by atoms with Gasteiger partial charge in [0.1, 0.15) is 30.5 Å². The molecule has 0 aromatic carbocycles. The Balaban J connectivity index is 2.40. The highest BCUT2D eigenvalue weighted by molar-refractivity contribution is 5.69. The molecule has 6 unspecified atom stereocenters. The molecule has 0 aromatic rings. The molecule has 49 heavy (non-hydrogen) atoms. The van der Waals surface area contributed by atoms with Crippen LogP contribution in [0.1, 0.15) is 123 Å². The number of carbonyl (C=O) groups is 1. The predicted molar refractivity (Wildman–Crippen MR) is 196 cm³/mol. The van der Waals surface area contributed by atoms with Crippen molar-refractivity contribution in [2.45, 2.75) is 160 Å². The average Bonchev–Trinajstić information content (AvgIpc) is 3.10. The van der Waals surface area contributed by atoms with Crippen molar-refractivity contribution < 1.29 is 44.2 Å². The Morgan fingerprint density at radius 1 is 0.673 bits per heavy atom. The van der Waals surface area contributed by atoms with E-state index >= 15 is 0 Å². The zero-order valence-corrected chi connectivity index (χ0v) is 30.4. The highest BCUT2D eigenvalue weighted by Gasteiger charge is 2.44. The van der Waals surface area contributed by atoms with E-state index in [-0.39, 0.29) is 19.2 Å². The fourth-order valence-corrected chi connectivity index (χ4v) is 5.26. The molecule has 6 atom stereocenters. The van der Waals surface area contributed by atoms with E-state index in [2.05, 4.69) is 74.6 Å². The third-order valence-corrected chi connectivity index (χ3v) is 8.22. The second kappa shape index (κ2) is 31.8. The summed E-state index contributed by atoms with van der Waals surface area (Å²) in [6.45, 7) is 4.18. The minimum absolute atomic E-state index is 0.0892. The van der Waals surface area contributed by atoms with Crippen LogP contribution in [0.15, 0.2) is 60.8 Å². The third-order valence-electron chi connectivity index (χ3n) is 8.22. The van der Waals surface area contributed by atoms with Crippen LogP contribution in [0.3, 0.4) is 0 Å². The molecule has 1 heterocycles. The molecule has 1 aliphatic heterocycles. The topological polar surface area (TPSA) is 135 Å². The molecule has 1 fully saturated rings. The average molecular weight is 693 g/mol. The number of esters is 1. The van der Waals surface area contributed by atoms with E-state index in [4.69, 9.17) is 18.9 Å². The summed E-state index contributed by atoms with van der Waals surface area (Å²) in [5.41, 5.74) is 0. The zero-order chi connectivity index (χ0) is 35.8. The molecule has 0 spiro atoms. The molecule has 0 amide bonds. The van der Waals surface area contributed by atoms with Crippen LogP contribution in [-0.2, 0) is 23.7 Å². The fourth-order valence-electron chi connectivity index (χ4n) is 5.26. The molecular formula is C40H68O9. The molecule has 0 radical (unpaired) electrons. The van der Waals surface area contributed by atoms with Gasteiger partial charge in [-0.25, -0.2) is 0 Å². The standard InChI is InChI=1S/C40H68O9/c1-3-5-7-9-11-13-15-16-17-18-19-20-22-24-26-28-30-46-32-34(33-47-40-39(45)38(44)37(43)35(31-41)49-40)48-36(42)29-27-25-23-21-14-12-10-8-6-4-2/h5,7,11,13,16-17,19-20,24,26,34-35,37-41,43-45H,3-4,6,8-10,12,14-15,18,21-23,25,27-33H2,1-2H3/b7-5-,13-11-,17-16-,20-19-,26-24-. The predicted octanol–water partition coefficient (Wildman–Crippen LogP) is 7.18. The number of aliphatic hydroxyl groups excluding tert-OH is 4. The van der Waals surface area contributed by atoms with Crippen LogP contribution in [0.4, 0.5) is 0 Å². The molecule has 282 valence electrons. The molecule has 1 rings (SSSR count). The van der Waals surface area contributed by atoms with Gasteiger partial charge in [0.2, 0.25) is 0 Å². The Morgan fingerprint density at radius 3 is 1.76 bits per heavy atom. The summed E-state index contributed by atoms with van der Waals surface area (Å²) in [4.78, 5) is 12.6. The maximum absolute atomic E-state index is 12.6. The van der Waals surface area contributed by atoms with Crippen LogP contribution >= 0.6 is 0 Å². The number of carbonyl (C=O) groups excluding carboxylic acids is 1. The Bertz CT molecular complexity index is 927. The quantitative estimate of drug-likeness (QED) is 0.0351. The summed E-state index contributed by atoms with van der Waals surface area (Å²) >= 11 is 0. The van der Waals surface area contributed by atoms with Gasteiger partial charge >= 0.3 is 5.97 Å². The third kappa shape index (κ3) is 23.8. The monoisotopic (exact) mass is 692 g/mol. The minimum atomic E-state index is -1.55. The molecule has 0 aromatic heterocycles. The van der Waals surface area contributed by atoms with E-state index in [1.165, 1.54) is 44.9 Å². The van der Waals surface area contributed by atoms with Crippen molar-refractivity contribution in [3.05, 3.63) is 60.8 Å². The molecule has 1 saturated heterocycles. The molecule has 1 aliphatic rings. The van der Waals surface area contributed by atoms with Gasteiger partial charge in [0.25, 0.3) is 0 Å². The van der Waals surface area contributed by atoms with E-state index in [1.807, 2.05) is 0 Å². The fraction of sp³-hybridized carbons (Fsp3) is 0.725. The van der Waals surface area contributed by atoms with Gasteiger partial charge < -0.3 is 39.4 Å². The van der Waals surface area contributed by atoms with Crippen molar-refractivity contribution in [3.8, 4) is 0 Å². The van der Waals surface area contributed by atoms with Crippen LogP contribution < -0.4 is 0 Å². The number of allylic oxidation sites excluding steroid dienone is 9. The van der Waals surface area contributed by atoms with Gasteiger partial charge in [0, 0.05) is 6.42 Å². The first kappa shape index (κ1) is 44.9. The van der Waals surface area contributed by atoms with Crippen LogP contribution in [0.5, 0.6) is 0 Å². The molecular weight excluding hydrogens is 624 g/mol. The van der Waals surface area contributed by atoms with Crippen molar-refractivity contribution in [2.75, 3.05) is 26.4 Å². The summed E-state index contributed by atoms with van der Waals surface area (Å²) in [5.74, 6) is -0.344. The number of unbranched alkanes of at least 4 members (excludes halogenated alkanes) is 9. The lowest BCUT2D eigenvalue weighted by molar-refractivity contribution is -0.305. The molecule has 4 N–H and O–H groups in total. The number of hydrogen-bond acceptors (Lipinski definition) is 9. The Kier molecular flexibility index (Phi) is 29.2. The van der Waals surface area contributed by atoms with Crippen molar-refractivity contribution in [1.82, 2.24) is 0 Å². The lowest BCUT2D eigenvalue weighted by Gasteiger charge is -2.39. The second-order valence-electron chi connectivity index (χ2n) is 12.6. The van der Waals surface area contributed by atoms with Gasteiger partial charge in [-0.3, -0.25) is 4.79 Å². The first-order valence-corrected chi connectivity index (χ1v) is 18.9. The lowest BCUT2D eigenvalue weighted by Crippen LogP contribution is -2.59. The van der Waals surface area contributed by atoms with Crippen molar-refractivity contribution >= 4 is 5.97 Å². The van der Waals surface area contributed by atoms with Gasteiger partial charge in [-0.2, -0.15) is 0 Å². The normalized spacial score (nSPS) is 22.4. The zero-order valence-electron chi connectivity index (χ0n) is 30.4. The van der Waals surface area contributed by atoms with Crippen LogP contribution in [0.25, 0.3) is 0 Å². The summed E-state index contributed by atoms with van der Waals surface area (Å²) in [7, 11) is 0. The van der Waals surface area contributed by atoms with E-state index in [0.29, 0.717) is 19.4 Å². The van der Waals surface area contributed by atoms with Gasteiger partial charge in [0.05, 0.1) is 26.4 Å². The number of rotatable bonds is 30. The molecule has 0 aliphatic carbocycles. The molecule has 9 heteroatoms. The Labute approximate surface area is 296 Å². The van der Waals surface area contributed by atoms with Crippen LogP contribution in [0, 0.1) is 0 Å². The molecule has 0 saturated carbocycles. The first-order valence-electron chi connectivity index (χ1n) is 18.9. The van der Waals surface area contributed by atoms with Crippen molar-refractivity contribution in [1.29, 1.82) is 0 Å². The lowest BCUT2D eigenvalue weighted by atomic mass is 9.99. The summed E-state index contributed by atoms with van der Waals surface area (Å²) < 4.78 is 22.5. The van der Waals surface area contributed by atoms with Gasteiger partial charge in [-0.05, 0) is 44.9 Å². The van der Waals surface area contributed by atoms with E-state index in [9.17, 15) is 25.2 Å². The smallest absolute Gasteiger partial charge is 0.306 e. The largest absolute Gasteiger partial charge is 0.457 e. The van der Waals surface area contributed by atoms with Gasteiger partial charge in [0.15, 0.2) is 6.29 Å². The molecule has 0 bridgehead atoms. The van der Waals surface area contributed by atoms with E-state index in [0.717, 1.165) is 51.4 Å². The Morgan fingerprint density at radius 2 is 1.20 bits per heavy atom. The highest BCUT2D eigenvalue weighted by atomic mass is 16.7. The number of hydrogen-bond donors (Lipinski definition) is 4. The summed E-state index contributed by atoms with van der Waals surface area (Å²) in [6, 6.07) is 0. The first-order chi connectivity index (χ1) is 23.9. The maximum Gasteiger partial charge on any atom is 0.306 e. The summed E-state index contributed by atoms with van der Waals surface area (Å²) in [6.07, 6.45) is 31.3. The number of aliphatic hydroxyl groups is 4. The van der Waals surface area contributed by atoms with Crippen molar-refractivity contribution in [3.63, 3.8) is 0 Å². The Hall–Kier alpha value is -2.11. The van der Waals surface area contributed by atoms with Gasteiger partial charge in [-0.1, -0.05) is 132 Å². The van der Waals surface area contributed by atoms with Crippen LogP contribution in [-0.4, -0.2) is 89.6 Å². The second-order valence-corrected chi connectivity index (χ2v) is 12.6. The maximum atomic E-state index is 12.6. The highest BCUT2D eigenvalue weighted by Crippen LogP contribution is 2.22. The van der Waals surface area contributed by atoms with E-state index in [1.54, 1.807) is 0 Å².